The summed E-state index contributed by atoms with van der Waals surface area (Å²) in [5.41, 5.74) is 0. The summed E-state index contributed by atoms with van der Waals surface area (Å²) in [6, 6.07) is 0.354. The fourth-order valence-corrected chi connectivity index (χ4v) is 5.14. The summed E-state index contributed by atoms with van der Waals surface area (Å²) in [5.74, 6) is 2.73. The van der Waals surface area contributed by atoms with Gasteiger partial charge in [0.15, 0.2) is 0 Å². The van der Waals surface area contributed by atoms with E-state index in [1.54, 1.807) is 0 Å². The summed E-state index contributed by atoms with van der Waals surface area (Å²) in [5, 5.41) is 3.20. The van der Waals surface area contributed by atoms with Crippen LogP contribution >= 0.6 is 11.8 Å². The van der Waals surface area contributed by atoms with Crippen molar-refractivity contribution in [2.45, 2.75) is 51.0 Å². The first-order valence-electron chi connectivity index (χ1n) is 9.45. The molecule has 2 saturated carbocycles. The maximum Gasteiger partial charge on any atom is 0.232 e. The lowest BCUT2D eigenvalue weighted by Gasteiger charge is -2.39. The minimum Gasteiger partial charge on any atom is -0.378 e. The van der Waals surface area contributed by atoms with Crippen LogP contribution in [0.2, 0.25) is 0 Å². The number of carbonyl (C=O) groups excluding carboxylic acids is 2. The lowest BCUT2D eigenvalue weighted by molar-refractivity contribution is -0.132. The molecule has 1 heterocycles. The molecule has 1 aliphatic heterocycles. The van der Waals surface area contributed by atoms with Crippen LogP contribution in [-0.4, -0.2) is 60.6 Å². The third-order valence-electron chi connectivity index (χ3n) is 5.73. The Morgan fingerprint density at radius 3 is 2.54 bits per heavy atom. The van der Waals surface area contributed by atoms with Crippen molar-refractivity contribution in [3.63, 3.8) is 0 Å². The van der Waals surface area contributed by atoms with E-state index in [1.165, 1.54) is 43.9 Å². The average molecular weight is 355 g/mol. The Hall–Kier alpha value is -0.750. The third kappa shape index (κ3) is 5.12. The van der Waals surface area contributed by atoms with E-state index in [0.29, 0.717) is 43.9 Å². The molecule has 3 atom stereocenters. The molecule has 3 unspecified atom stereocenters. The number of fused-ring (bicyclic) bond motifs is 1. The Morgan fingerprint density at radius 2 is 1.75 bits per heavy atom. The van der Waals surface area contributed by atoms with Gasteiger partial charge in [-0.05, 0) is 31.1 Å². The van der Waals surface area contributed by atoms with Crippen LogP contribution in [0.4, 0.5) is 0 Å². The molecular formula is C18H30N2O3S. The van der Waals surface area contributed by atoms with Gasteiger partial charge in [-0.1, -0.05) is 25.7 Å². The van der Waals surface area contributed by atoms with E-state index in [4.69, 9.17) is 4.74 Å². The summed E-state index contributed by atoms with van der Waals surface area (Å²) < 4.78 is 5.25. The van der Waals surface area contributed by atoms with Crippen molar-refractivity contribution < 1.29 is 14.3 Å². The molecule has 2 amide bonds. The quantitative estimate of drug-likeness (QED) is 0.821. The number of carbonyl (C=O) groups is 2. The van der Waals surface area contributed by atoms with Crippen molar-refractivity contribution in [2.24, 2.45) is 11.8 Å². The van der Waals surface area contributed by atoms with Crippen LogP contribution in [-0.2, 0) is 14.3 Å². The number of hydrogen-bond donors (Lipinski definition) is 1. The van der Waals surface area contributed by atoms with E-state index >= 15 is 0 Å². The maximum atomic E-state index is 12.2. The second kappa shape index (κ2) is 9.09. The number of nitrogens with one attached hydrogen (secondary N) is 1. The summed E-state index contributed by atoms with van der Waals surface area (Å²) in [6.45, 7) is 2.61. The minimum absolute atomic E-state index is 0.0917. The number of ether oxygens (including phenoxy) is 1. The van der Waals surface area contributed by atoms with Gasteiger partial charge in [0.2, 0.25) is 11.8 Å². The summed E-state index contributed by atoms with van der Waals surface area (Å²) in [7, 11) is 0. The van der Waals surface area contributed by atoms with Gasteiger partial charge in [-0.2, -0.15) is 0 Å². The van der Waals surface area contributed by atoms with Crippen molar-refractivity contribution in [3.05, 3.63) is 0 Å². The van der Waals surface area contributed by atoms with E-state index in [9.17, 15) is 9.59 Å². The molecule has 1 saturated heterocycles. The van der Waals surface area contributed by atoms with Crippen molar-refractivity contribution in [3.8, 4) is 0 Å². The van der Waals surface area contributed by atoms with Crippen LogP contribution in [0.15, 0.2) is 0 Å². The monoisotopic (exact) mass is 354 g/mol. The molecule has 3 fully saturated rings. The zero-order valence-electron chi connectivity index (χ0n) is 14.5. The van der Waals surface area contributed by atoms with E-state index in [1.807, 2.05) is 4.90 Å². The number of amides is 2. The highest BCUT2D eigenvalue weighted by molar-refractivity contribution is 8.00. The Balaban J connectivity index is 1.31. The molecule has 0 radical (unpaired) electrons. The molecule has 3 aliphatic rings. The Labute approximate surface area is 149 Å². The Bertz CT molecular complexity index is 440. The molecular weight excluding hydrogens is 324 g/mol. The van der Waals surface area contributed by atoms with Gasteiger partial charge < -0.3 is 15.0 Å². The molecule has 5 nitrogen and oxygen atoms in total. The van der Waals surface area contributed by atoms with E-state index in [0.717, 1.165) is 24.7 Å². The number of nitrogens with zero attached hydrogens (tertiary/aromatic N) is 1. The SMILES string of the molecule is O=C(CSCC(=O)N1CCOCC1)NC1CCC2CCCCC2C1. The minimum atomic E-state index is 0.0917. The van der Waals surface area contributed by atoms with Gasteiger partial charge in [-0.25, -0.2) is 0 Å². The van der Waals surface area contributed by atoms with Gasteiger partial charge in [0.25, 0.3) is 0 Å². The highest BCUT2D eigenvalue weighted by atomic mass is 32.2. The zero-order chi connectivity index (χ0) is 16.8. The number of rotatable bonds is 5. The molecule has 0 bridgehead atoms. The summed E-state index contributed by atoms with van der Waals surface area (Å²) in [4.78, 5) is 26.0. The van der Waals surface area contributed by atoms with E-state index in [2.05, 4.69) is 5.32 Å². The van der Waals surface area contributed by atoms with Crippen molar-refractivity contribution >= 4 is 23.6 Å². The molecule has 24 heavy (non-hydrogen) atoms. The van der Waals surface area contributed by atoms with Crippen molar-refractivity contribution in [2.75, 3.05) is 37.8 Å². The first kappa shape index (κ1) is 18.1. The van der Waals surface area contributed by atoms with Crippen LogP contribution in [0.3, 0.4) is 0 Å². The third-order valence-corrected chi connectivity index (χ3v) is 6.64. The second-order valence-corrected chi connectivity index (χ2v) is 8.35. The standard InChI is InChI=1S/C18H30N2O3S/c21-17(12-24-13-18(22)20-7-9-23-10-8-20)19-16-6-5-14-3-1-2-4-15(14)11-16/h14-16H,1-13H2,(H,19,21). The lowest BCUT2D eigenvalue weighted by atomic mass is 9.69. The Morgan fingerprint density at radius 1 is 1.00 bits per heavy atom. The van der Waals surface area contributed by atoms with Gasteiger partial charge in [0, 0.05) is 19.1 Å². The molecule has 136 valence electrons. The molecule has 2 aliphatic carbocycles. The van der Waals surface area contributed by atoms with Crippen molar-refractivity contribution in [1.29, 1.82) is 0 Å². The largest absolute Gasteiger partial charge is 0.378 e. The Kier molecular flexibility index (Phi) is 6.84. The average Bonchev–Trinajstić information content (AvgIpc) is 2.62. The molecule has 0 aromatic heterocycles. The fourth-order valence-electron chi connectivity index (χ4n) is 4.41. The molecule has 0 aromatic rings. The topological polar surface area (TPSA) is 58.6 Å². The van der Waals surface area contributed by atoms with Gasteiger partial charge in [0.05, 0.1) is 24.7 Å². The molecule has 1 N–H and O–H groups in total. The lowest BCUT2D eigenvalue weighted by Crippen LogP contribution is -2.43. The van der Waals surface area contributed by atoms with Crippen LogP contribution in [0, 0.1) is 11.8 Å². The number of thioether (sulfide) groups is 1. The summed E-state index contributed by atoms with van der Waals surface area (Å²) in [6.07, 6.45) is 9.06. The van der Waals surface area contributed by atoms with Crippen LogP contribution < -0.4 is 5.32 Å². The highest BCUT2D eigenvalue weighted by Crippen LogP contribution is 2.40. The predicted molar refractivity (Wildman–Crippen MR) is 96.0 cm³/mol. The van der Waals surface area contributed by atoms with Gasteiger partial charge in [-0.3, -0.25) is 9.59 Å². The number of morpholine rings is 1. The fraction of sp³-hybridized carbons (Fsp3) is 0.889. The molecule has 6 heteroatoms. The van der Waals surface area contributed by atoms with E-state index < -0.39 is 0 Å². The van der Waals surface area contributed by atoms with Crippen LogP contribution in [0.25, 0.3) is 0 Å². The van der Waals surface area contributed by atoms with Crippen LogP contribution in [0.1, 0.15) is 44.9 Å². The smallest absolute Gasteiger partial charge is 0.232 e. The van der Waals surface area contributed by atoms with Gasteiger partial charge in [-0.15, -0.1) is 11.8 Å². The maximum absolute atomic E-state index is 12.2. The first-order chi connectivity index (χ1) is 11.7. The molecule has 3 rings (SSSR count). The molecule has 0 spiro atoms. The normalized spacial score (nSPS) is 30.5. The van der Waals surface area contributed by atoms with Gasteiger partial charge >= 0.3 is 0 Å². The summed E-state index contributed by atoms with van der Waals surface area (Å²) >= 11 is 1.43. The zero-order valence-corrected chi connectivity index (χ0v) is 15.3. The highest BCUT2D eigenvalue weighted by Gasteiger charge is 2.32. The van der Waals surface area contributed by atoms with Gasteiger partial charge in [0.1, 0.15) is 0 Å². The van der Waals surface area contributed by atoms with Crippen molar-refractivity contribution in [1.82, 2.24) is 10.2 Å². The molecule has 0 aromatic carbocycles. The predicted octanol–water partition coefficient (Wildman–Crippen LogP) is 2.05. The number of hydrogen-bond acceptors (Lipinski definition) is 4. The van der Waals surface area contributed by atoms with E-state index in [-0.39, 0.29) is 11.8 Å². The first-order valence-corrected chi connectivity index (χ1v) is 10.6. The van der Waals surface area contributed by atoms with Crippen LogP contribution in [0.5, 0.6) is 0 Å². The second-order valence-electron chi connectivity index (χ2n) is 7.37.